The highest BCUT2D eigenvalue weighted by molar-refractivity contribution is 5.76. The van der Waals surface area contributed by atoms with Gasteiger partial charge in [-0.05, 0) is 0 Å². The first-order chi connectivity index (χ1) is 4.79. The number of likely N-dealkylation sites (N-methyl/N-ethyl adjacent to an activating group) is 4. The van der Waals surface area contributed by atoms with Crippen molar-refractivity contribution in [2.24, 2.45) is 0 Å². The second-order valence-corrected chi connectivity index (χ2v) is 1.86. The summed E-state index contributed by atoms with van der Waals surface area (Å²) in [5, 5.41) is 16.0. The maximum atomic E-state index is 3.99. The molecule has 16 heavy (non-hydrogen) atoms. The van der Waals surface area contributed by atoms with Gasteiger partial charge in [-0.3, -0.25) is 12.3 Å². The van der Waals surface area contributed by atoms with Crippen molar-refractivity contribution in [2.75, 3.05) is 28.2 Å². The second kappa shape index (κ2) is 29.7. The van der Waals surface area contributed by atoms with Crippen LogP contribution in [0.2, 0.25) is 0 Å². The van der Waals surface area contributed by atoms with Crippen LogP contribution in [0.25, 0.3) is 21.3 Å². The lowest BCUT2D eigenvalue weighted by atomic mass is 10.4. The Balaban J connectivity index is -0.0000000270. The first-order valence-corrected chi connectivity index (χ1v) is 3.15. The van der Waals surface area contributed by atoms with E-state index in [0.717, 1.165) is 0 Å². The molecule has 0 saturated carbocycles. The van der Waals surface area contributed by atoms with Crippen molar-refractivity contribution in [3.05, 3.63) is 51.0 Å². The Kier molecular flexibility index (Phi) is 80.9. The largest absolute Gasteiger partial charge is 0.683 e. The van der Waals surface area contributed by atoms with Gasteiger partial charge in [0, 0.05) is 34.7 Å². The molecule has 0 amide bonds. The molecular weight excluding hydrogens is 230 g/mol. The summed E-state index contributed by atoms with van der Waals surface area (Å²) in [5.41, 5.74) is 0. The van der Waals surface area contributed by atoms with Gasteiger partial charge in [-0.1, -0.05) is 0 Å². The van der Waals surface area contributed by atoms with Crippen LogP contribution in [-0.2, 0) is 0 Å². The van der Waals surface area contributed by atoms with E-state index in [0.29, 0.717) is 0 Å². The van der Waals surface area contributed by atoms with Crippen LogP contribution in [0.5, 0.6) is 0 Å². The molecule has 0 atom stereocenters. The molecule has 6 heteroatoms. The maximum Gasteiger partial charge on any atom is 0 e. The second-order valence-electron chi connectivity index (χ2n) is 1.86. The maximum absolute atomic E-state index is 3.99. The summed E-state index contributed by atoms with van der Waals surface area (Å²) >= 11 is 0. The van der Waals surface area contributed by atoms with E-state index in [-0.39, 0.29) is 76.8 Å². The van der Waals surface area contributed by atoms with Crippen molar-refractivity contribution in [2.45, 2.75) is 12.3 Å². The number of hydrogen-bond acceptors (Lipinski definition) is 0. The van der Waals surface area contributed by atoms with Crippen LogP contribution in [0, 0.1) is 29.7 Å². The fraction of sp³-hybridized carbons (Fsp3) is 0.600. The Morgan fingerprint density at radius 2 is 0.625 bits per heavy atom. The van der Waals surface area contributed by atoms with Gasteiger partial charge < -0.3 is 51.0 Å². The summed E-state index contributed by atoms with van der Waals surface area (Å²) in [6, 6.07) is 0. The molecule has 0 rings (SSSR count). The Bertz CT molecular complexity index is 69.2. The van der Waals surface area contributed by atoms with Gasteiger partial charge >= 0.3 is 0 Å². The van der Waals surface area contributed by atoms with Crippen LogP contribution in [0.3, 0.4) is 0 Å². The van der Waals surface area contributed by atoms with E-state index < -0.39 is 0 Å². The highest BCUT2D eigenvalue weighted by Crippen LogP contribution is 2.17. The molecule has 100 valence electrons. The zero-order chi connectivity index (χ0) is 7.98. The lowest BCUT2D eigenvalue weighted by molar-refractivity contribution is 0.772. The number of nitrogens with zero attached hydrogens (tertiary/aromatic N) is 4. The molecular formula is C10H26Al2N4-8. The van der Waals surface area contributed by atoms with Gasteiger partial charge in [0.05, 0.1) is 0 Å². The molecule has 0 unspecified atom stereocenters. The third kappa shape index (κ3) is 17.3. The minimum Gasteiger partial charge on any atom is -0.683 e. The molecule has 0 aliphatic rings. The van der Waals surface area contributed by atoms with E-state index in [1.807, 2.05) is 0 Å². The van der Waals surface area contributed by atoms with Crippen LogP contribution in [0.1, 0.15) is 0 Å². The average Bonchev–Trinajstić information content (AvgIpc) is 2.00. The molecule has 0 aromatic heterocycles. The molecule has 0 N–H and O–H groups in total. The minimum atomic E-state index is -0.102. The Hall–Kier alpha value is 0.905. The van der Waals surface area contributed by atoms with Crippen molar-refractivity contribution in [3.63, 3.8) is 0 Å². The Morgan fingerprint density at radius 3 is 0.688 bits per heavy atom. The quantitative estimate of drug-likeness (QED) is 0.536. The standard InChI is InChI=1S/C6H14N4.4CH3.2Al/c1-7-5(8-2)6(9-3)10-4;;;;;;/h5-6H,1-4H3;4*1H3;;/q-4;4*-1;;. The Morgan fingerprint density at radius 1 is 0.500 bits per heavy atom. The predicted octanol–water partition coefficient (Wildman–Crippen LogP) is 2.69. The van der Waals surface area contributed by atoms with E-state index in [2.05, 4.69) is 21.3 Å². The molecule has 0 aromatic carbocycles. The van der Waals surface area contributed by atoms with E-state index in [9.17, 15) is 0 Å². The zero-order valence-corrected chi connectivity index (χ0v) is 14.4. The monoisotopic (exact) mass is 256 g/mol. The molecule has 0 aromatic rings. The molecule has 4 nitrogen and oxygen atoms in total. The Labute approximate surface area is 126 Å². The summed E-state index contributed by atoms with van der Waals surface area (Å²) in [7, 11) is 6.89. The van der Waals surface area contributed by atoms with E-state index in [1.165, 1.54) is 0 Å². The number of hydrogen-bond donors (Lipinski definition) is 0. The SMILES string of the molecule is C[N-]C([N-]C)C([N-]C)[N-]C.[Al].[Al].[CH3-].[CH3-].[CH3-].[CH3-]. The lowest BCUT2D eigenvalue weighted by Crippen LogP contribution is -2.21. The van der Waals surface area contributed by atoms with Crippen molar-refractivity contribution >= 4 is 34.7 Å². The van der Waals surface area contributed by atoms with E-state index in [1.54, 1.807) is 28.2 Å². The lowest BCUT2D eigenvalue weighted by Gasteiger charge is -2.60. The van der Waals surface area contributed by atoms with Crippen molar-refractivity contribution < 1.29 is 0 Å². The van der Waals surface area contributed by atoms with E-state index >= 15 is 0 Å². The summed E-state index contributed by atoms with van der Waals surface area (Å²) in [4.78, 5) is 0. The first kappa shape index (κ1) is 43.6. The first-order valence-electron chi connectivity index (χ1n) is 3.15. The summed E-state index contributed by atoms with van der Waals surface area (Å²) in [6.45, 7) is 0. The van der Waals surface area contributed by atoms with Gasteiger partial charge in [0.2, 0.25) is 0 Å². The third-order valence-corrected chi connectivity index (χ3v) is 1.32. The molecule has 0 spiro atoms. The van der Waals surface area contributed by atoms with Crippen LogP contribution in [0.15, 0.2) is 0 Å². The molecule has 0 heterocycles. The molecule has 0 fully saturated rings. The summed E-state index contributed by atoms with van der Waals surface area (Å²) < 4.78 is 0. The van der Waals surface area contributed by atoms with Gasteiger partial charge in [-0.2, -0.15) is 28.2 Å². The topological polar surface area (TPSA) is 56.4 Å². The third-order valence-electron chi connectivity index (χ3n) is 1.32. The van der Waals surface area contributed by atoms with Crippen molar-refractivity contribution in [1.29, 1.82) is 0 Å². The van der Waals surface area contributed by atoms with Crippen molar-refractivity contribution in [1.82, 2.24) is 0 Å². The molecule has 0 bridgehead atoms. The van der Waals surface area contributed by atoms with Crippen LogP contribution in [0.4, 0.5) is 0 Å². The molecule has 6 radical (unpaired) electrons. The van der Waals surface area contributed by atoms with Gasteiger partial charge in [-0.25, -0.2) is 0 Å². The number of rotatable bonds is 5. The molecule has 0 aliphatic carbocycles. The summed E-state index contributed by atoms with van der Waals surface area (Å²) in [5.74, 6) is 0. The van der Waals surface area contributed by atoms with Gasteiger partial charge in [-0.15, -0.1) is 0 Å². The van der Waals surface area contributed by atoms with Crippen LogP contribution in [-0.4, -0.2) is 75.2 Å². The molecule has 0 saturated heterocycles. The van der Waals surface area contributed by atoms with Gasteiger partial charge in [0.1, 0.15) is 0 Å². The van der Waals surface area contributed by atoms with E-state index in [4.69, 9.17) is 0 Å². The minimum absolute atomic E-state index is 0. The normalized spacial score (nSPS) is 7.12. The summed E-state index contributed by atoms with van der Waals surface area (Å²) in [6.07, 6.45) is -0.204. The van der Waals surface area contributed by atoms with Gasteiger partial charge in [0.25, 0.3) is 0 Å². The highest BCUT2D eigenvalue weighted by Gasteiger charge is 1.77. The smallest absolute Gasteiger partial charge is 0 e. The zero-order valence-electron chi connectivity index (χ0n) is 12.1. The average molecular weight is 256 g/mol. The highest BCUT2D eigenvalue weighted by atomic mass is 27.0. The predicted molar refractivity (Wildman–Crippen MR) is 81.9 cm³/mol. The van der Waals surface area contributed by atoms with Crippen LogP contribution >= 0.6 is 0 Å². The van der Waals surface area contributed by atoms with Crippen LogP contribution < -0.4 is 0 Å². The van der Waals surface area contributed by atoms with Crippen molar-refractivity contribution in [3.8, 4) is 0 Å². The fourth-order valence-corrected chi connectivity index (χ4v) is 0.764. The van der Waals surface area contributed by atoms with Gasteiger partial charge in [0.15, 0.2) is 0 Å². The fourth-order valence-electron chi connectivity index (χ4n) is 0.764. The molecule has 0 aliphatic heterocycles.